The van der Waals surface area contributed by atoms with Gasteiger partial charge in [-0.15, -0.1) is 24.2 Å². The number of esters is 1. The highest BCUT2D eigenvalue weighted by atomic mass is 35.5. The first-order valence-corrected chi connectivity index (χ1v) is 6.07. The van der Waals surface area contributed by atoms with E-state index in [0.29, 0.717) is 17.1 Å². The Morgan fingerprint density at radius 2 is 2.24 bits per heavy atom. The van der Waals surface area contributed by atoms with E-state index in [1.54, 1.807) is 19.1 Å². The second-order valence-corrected chi connectivity index (χ2v) is 4.11. The van der Waals surface area contributed by atoms with E-state index >= 15 is 0 Å². The van der Waals surface area contributed by atoms with Crippen LogP contribution in [0.25, 0.3) is 0 Å². The largest absolute Gasteiger partial charge is 0.466 e. The van der Waals surface area contributed by atoms with E-state index in [1.165, 1.54) is 0 Å². The standard InChI is InChI=1S/C12H12ClNO2S/c1-2-16-12(15)5-8-4-11(17)10(7-14)3-9(8)6-13/h3-4,17H,2,5-6H2,1H3. The number of carbonyl (C=O) groups excluding carboxylic acids is 1. The summed E-state index contributed by atoms with van der Waals surface area (Å²) in [6.45, 7) is 2.10. The van der Waals surface area contributed by atoms with Crippen molar-refractivity contribution in [1.29, 1.82) is 5.26 Å². The number of benzene rings is 1. The van der Waals surface area contributed by atoms with Crippen LogP contribution in [-0.4, -0.2) is 12.6 Å². The van der Waals surface area contributed by atoms with Crippen LogP contribution < -0.4 is 0 Å². The monoisotopic (exact) mass is 269 g/mol. The van der Waals surface area contributed by atoms with Gasteiger partial charge in [-0.3, -0.25) is 4.79 Å². The molecule has 90 valence electrons. The van der Waals surface area contributed by atoms with E-state index in [2.05, 4.69) is 12.6 Å². The summed E-state index contributed by atoms with van der Waals surface area (Å²) >= 11 is 9.98. The third-order valence-electron chi connectivity index (χ3n) is 2.22. The van der Waals surface area contributed by atoms with Gasteiger partial charge in [0.25, 0.3) is 0 Å². The lowest BCUT2D eigenvalue weighted by atomic mass is 10.0. The van der Waals surface area contributed by atoms with E-state index in [9.17, 15) is 4.79 Å². The first kappa shape index (κ1) is 13.9. The van der Waals surface area contributed by atoms with Gasteiger partial charge in [0.15, 0.2) is 0 Å². The van der Waals surface area contributed by atoms with Crippen molar-refractivity contribution in [2.24, 2.45) is 0 Å². The lowest BCUT2D eigenvalue weighted by Crippen LogP contribution is -2.09. The molecule has 0 fully saturated rings. The second-order valence-electron chi connectivity index (χ2n) is 3.37. The van der Waals surface area contributed by atoms with Crippen molar-refractivity contribution < 1.29 is 9.53 Å². The SMILES string of the molecule is CCOC(=O)Cc1cc(S)c(C#N)cc1CCl. The summed E-state index contributed by atoms with van der Waals surface area (Å²) in [6.07, 6.45) is 0.148. The summed E-state index contributed by atoms with van der Waals surface area (Å²) < 4.78 is 4.87. The van der Waals surface area contributed by atoms with Crippen LogP contribution in [0.3, 0.4) is 0 Å². The van der Waals surface area contributed by atoms with Gasteiger partial charge < -0.3 is 4.74 Å². The van der Waals surface area contributed by atoms with Crippen LogP contribution in [0.4, 0.5) is 0 Å². The van der Waals surface area contributed by atoms with Crippen LogP contribution in [0, 0.1) is 11.3 Å². The molecule has 0 radical (unpaired) electrons. The Balaban J connectivity index is 3.03. The maximum Gasteiger partial charge on any atom is 0.310 e. The highest BCUT2D eigenvalue weighted by Crippen LogP contribution is 2.22. The van der Waals surface area contributed by atoms with Crippen molar-refractivity contribution in [3.63, 3.8) is 0 Å². The number of hydrogen-bond acceptors (Lipinski definition) is 4. The van der Waals surface area contributed by atoms with E-state index in [4.69, 9.17) is 21.6 Å². The number of thiol groups is 1. The lowest BCUT2D eigenvalue weighted by Gasteiger charge is -2.09. The second kappa shape index (κ2) is 6.53. The van der Waals surface area contributed by atoms with Gasteiger partial charge >= 0.3 is 5.97 Å². The summed E-state index contributed by atoms with van der Waals surface area (Å²) in [5.41, 5.74) is 1.97. The van der Waals surface area contributed by atoms with Crippen LogP contribution in [0.15, 0.2) is 17.0 Å². The summed E-state index contributed by atoms with van der Waals surface area (Å²) in [4.78, 5) is 11.9. The van der Waals surface area contributed by atoms with Crippen molar-refractivity contribution in [2.45, 2.75) is 24.1 Å². The molecule has 0 heterocycles. The number of ether oxygens (including phenoxy) is 1. The van der Waals surface area contributed by atoms with Crippen LogP contribution >= 0.6 is 24.2 Å². The van der Waals surface area contributed by atoms with Crippen molar-refractivity contribution in [2.75, 3.05) is 6.61 Å². The molecule has 17 heavy (non-hydrogen) atoms. The minimum atomic E-state index is -0.309. The number of halogens is 1. The Hall–Kier alpha value is -1.18. The summed E-state index contributed by atoms with van der Waals surface area (Å²) in [6, 6.07) is 5.37. The molecule has 0 spiro atoms. The fraction of sp³-hybridized carbons (Fsp3) is 0.333. The van der Waals surface area contributed by atoms with Gasteiger partial charge in [0.2, 0.25) is 0 Å². The number of carbonyl (C=O) groups is 1. The molecule has 0 aliphatic carbocycles. The van der Waals surface area contributed by atoms with Gasteiger partial charge in [0, 0.05) is 10.8 Å². The van der Waals surface area contributed by atoms with Crippen LogP contribution in [0.2, 0.25) is 0 Å². The van der Waals surface area contributed by atoms with Crippen molar-refractivity contribution in [3.8, 4) is 6.07 Å². The number of rotatable bonds is 4. The molecular formula is C12H12ClNO2S. The lowest BCUT2D eigenvalue weighted by molar-refractivity contribution is -0.142. The predicted octanol–water partition coefficient (Wildman–Crippen LogP) is 2.69. The zero-order valence-electron chi connectivity index (χ0n) is 9.36. The molecule has 5 heteroatoms. The maximum atomic E-state index is 11.4. The number of nitriles is 1. The smallest absolute Gasteiger partial charge is 0.310 e. The van der Waals surface area contributed by atoms with E-state index < -0.39 is 0 Å². The quantitative estimate of drug-likeness (QED) is 0.519. The molecule has 0 aromatic heterocycles. The first-order valence-electron chi connectivity index (χ1n) is 5.08. The van der Waals surface area contributed by atoms with Crippen LogP contribution in [-0.2, 0) is 21.8 Å². The van der Waals surface area contributed by atoms with Crippen molar-refractivity contribution >= 4 is 30.2 Å². The number of alkyl halides is 1. The molecule has 0 N–H and O–H groups in total. The molecule has 3 nitrogen and oxygen atoms in total. The highest BCUT2D eigenvalue weighted by molar-refractivity contribution is 7.80. The third kappa shape index (κ3) is 3.65. The van der Waals surface area contributed by atoms with Crippen LogP contribution in [0.1, 0.15) is 23.6 Å². The Bertz CT molecular complexity index is 468. The van der Waals surface area contributed by atoms with Gasteiger partial charge in [0.1, 0.15) is 6.07 Å². The predicted molar refractivity (Wildman–Crippen MR) is 68.3 cm³/mol. The molecule has 0 bridgehead atoms. The number of hydrogen-bond donors (Lipinski definition) is 1. The maximum absolute atomic E-state index is 11.4. The normalized spacial score (nSPS) is 9.76. The van der Waals surface area contributed by atoms with E-state index in [-0.39, 0.29) is 18.3 Å². The minimum Gasteiger partial charge on any atom is -0.466 e. The molecular weight excluding hydrogens is 258 g/mol. The first-order chi connectivity index (χ1) is 8.12. The fourth-order valence-corrected chi connectivity index (χ4v) is 1.94. The summed E-state index contributed by atoms with van der Waals surface area (Å²) in [5, 5.41) is 8.86. The molecule has 0 saturated carbocycles. The Morgan fingerprint density at radius 3 is 2.76 bits per heavy atom. The van der Waals surface area contributed by atoms with Crippen molar-refractivity contribution in [1.82, 2.24) is 0 Å². The average Bonchev–Trinajstić information content (AvgIpc) is 2.29. The van der Waals surface area contributed by atoms with Gasteiger partial charge in [-0.25, -0.2) is 0 Å². The third-order valence-corrected chi connectivity index (χ3v) is 2.88. The van der Waals surface area contributed by atoms with E-state index in [0.717, 1.165) is 11.1 Å². The zero-order chi connectivity index (χ0) is 12.8. The molecule has 1 aromatic carbocycles. The van der Waals surface area contributed by atoms with Crippen molar-refractivity contribution in [3.05, 3.63) is 28.8 Å². The zero-order valence-corrected chi connectivity index (χ0v) is 11.0. The number of nitrogens with zero attached hydrogens (tertiary/aromatic N) is 1. The molecule has 0 saturated heterocycles. The van der Waals surface area contributed by atoms with Gasteiger partial charge in [-0.2, -0.15) is 5.26 Å². The molecule has 1 rings (SSSR count). The molecule has 0 aliphatic heterocycles. The Morgan fingerprint density at radius 1 is 1.53 bits per heavy atom. The van der Waals surface area contributed by atoms with Gasteiger partial charge in [-0.1, -0.05) is 0 Å². The summed E-state index contributed by atoms with van der Waals surface area (Å²) in [5.74, 6) is -0.0615. The van der Waals surface area contributed by atoms with Gasteiger partial charge in [0.05, 0.1) is 18.6 Å². The Labute approximate surface area is 111 Å². The molecule has 0 aliphatic rings. The molecule has 0 amide bonds. The fourth-order valence-electron chi connectivity index (χ4n) is 1.42. The van der Waals surface area contributed by atoms with Crippen LogP contribution in [0.5, 0.6) is 0 Å². The summed E-state index contributed by atoms with van der Waals surface area (Å²) in [7, 11) is 0. The topological polar surface area (TPSA) is 50.1 Å². The van der Waals surface area contributed by atoms with Gasteiger partial charge in [-0.05, 0) is 30.2 Å². The molecule has 1 aromatic rings. The highest BCUT2D eigenvalue weighted by Gasteiger charge is 2.11. The Kier molecular flexibility index (Phi) is 5.33. The molecule has 0 unspecified atom stereocenters. The molecule has 0 atom stereocenters. The average molecular weight is 270 g/mol. The minimum absolute atomic E-state index is 0.148. The van der Waals surface area contributed by atoms with E-state index in [1.807, 2.05) is 6.07 Å².